The molecule has 1 aromatic carbocycles. The van der Waals surface area contributed by atoms with Crippen LogP contribution in [-0.2, 0) is 12.8 Å². The minimum Gasteiger partial charge on any atom is -0.394 e. The Morgan fingerprint density at radius 3 is 2.44 bits per heavy atom. The number of hydrogen-bond acceptors (Lipinski definition) is 7. The summed E-state index contributed by atoms with van der Waals surface area (Å²) in [6, 6.07) is 7.64. The normalized spacial score (nSPS) is 15.9. The molecular formula is C19H24N4O4. The number of aliphatic hydroxyl groups excluding tert-OH is 4. The molecule has 0 saturated heterocycles. The lowest BCUT2D eigenvalue weighted by Crippen LogP contribution is -2.30. The van der Waals surface area contributed by atoms with Crippen molar-refractivity contribution in [2.75, 3.05) is 12.3 Å². The van der Waals surface area contributed by atoms with Crippen LogP contribution in [0.4, 0.5) is 5.82 Å². The van der Waals surface area contributed by atoms with Crippen LogP contribution in [0, 0.1) is 0 Å². The molecule has 0 fully saturated rings. The SMILES string of the molecule is Nc1ncnc2[nH]ccc12.OCC(O)C(O)CC(O)c1ccc2c(c1)CC2. The molecule has 4 rings (SSSR count). The number of fused-ring (bicyclic) bond motifs is 2. The first-order valence-corrected chi connectivity index (χ1v) is 8.80. The highest BCUT2D eigenvalue weighted by molar-refractivity contribution is 5.85. The van der Waals surface area contributed by atoms with Crippen molar-refractivity contribution in [3.63, 3.8) is 0 Å². The van der Waals surface area contributed by atoms with E-state index in [9.17, 15) is 15.3 Å². The van der Waals surface area contributed by atoms with Gasteiger partial charge in [-0.1, -0.05) is 18.2 Å². The maximum absolute atomic E-state index is 9.92. The second kappa shape index (κ2) is 8.45. The van der Waals surface area contributed by atoms with E-state index in [0.717, 1.165) is 29.4 Å². The van der Waals surface area contributed by atoms with Crippen LogP contribution < -0.4 is 5.73 Å². The Labute approximate surface area is 156 Å². The van der Waals surface area contributed by atoms with Crippen LogP contribution in [0.5, 0.6) is 0 Å². The molecule has 27 heavy (non-hydrogen) atoms. The number of H-pyrrole nitrogens is 1. The summed E-state index contributed by atoms with van der Waals surface area (Å²) in [6.07, 6.45) is 2.27. The van der Waals surface area contributed by atoms with Crippen molar-refractivity contribution in [3.8, 4) is 0 Å². The van der Waals surface area contributed by atoms with Crippen LogP contribution in [0.15, 0.2) is 36.8 Å². The minimum absolute atomic E-state index is 0.0283. The van der Waals surface area contributed by atoms with E-state index in [4.69, 9.17) is 10.8 Å². The van der Waals surface area contributed by atoms with Crippen LogP contribution >= 0.6 is 0 Å². The molecule has 0 bridgehead atoms. The van der Waals surface area contributed by atoms with Crippen LogP contribution in [0.1, 0.15) is 29.2 Å². The van der Waals surface area contributed by atoms with Crippen molar-refractivity contribution in [2.45, 2.75) is 37.6 Å². The van der Waals surface area contributed by atoms with Crippen molar-refractivity contribution in [1.82, 2.24) is 15.0 Å². The van der Waals surface area contributed by atoms with Crippen molar-refractivity contribution >= 4 is 16.9 Å². The van der Waals surface area contributed by atoms with Crippen LogP contribution in [-0.4, -0.2) is 54.2 Å². The van der Waals surface area contributed by atoms with Gasteiger partial charge in [0.2, 0.25) is 0 Å². The predicted octanol–water partition coefficient (Wildman–Crippen LogP) is 0.463. The Bertz CT molecular complexity index is 898. The van der Waals surface area contributed by atoms with E-state index in [1.807, 2.05) is 24.3 Å². The van der Waals surface area contributed by atoms with Gasteiger partial charge in [0, 0.05) is 12.6 Å². The zero-order valence-corrected chi connectivity index (χ0v) is 14.8. The summed E-state index contributed by atoms with van der Waals surface area (Å²) in [5.74, 6) is 0.520. The van der Waals surface area contributed by atoms with Crippen LogP contribution in [0.2, 0.25) is 0 Å². The summed E-state index contributed by atoms with van der Waals surface area (Å²) >= 11 is 0. The largest absolute Gasteiger partial charge is 0.394 e. The molecule has 7 N–H and O–H groups in total. The van der Waals surface area contributed by atoms with Gasteiger partial charge in [-0.2, -0.15) is 0 Å². The van der Waals surface area contributed by atoms with Gasteiger partial charge in [-0.25, -0.2) is 9.97 Å². The molecule has 8 nitrogen and oxygen atoms in total. The van der Waals surface area contributed by atoms with Gasteiger partial charge >= 0.3 is 0 Å². The van der Waals surface area contributed by atoms with Gasteiger partial charge in [-0.15, -0.1) is 0 Å². The van der Waals surface area contributed by atoms with Crippen molar-refractivity contribution in [2.24, 2.45) is 0 Å². The van der Waals surface area contributed by atoms with E-state index in [2.05, 4.69) is 15.0 Å². The predicted molar refractivity (Wildman–Crippen MR) is 101 cm³/mol. The van der Waals surface area contributed by atoms with Crippen molar-refractivity contribution in [1.29, 1.82) is 0 Å². The molecule has 0 radical (unpaired) electrons. The van der Waals surface area contributed by atoms with Crippen molar-refractivity contribution in [3.05, 3.63) is 53.5 Å². The molecule has 2 heterocycles. The molecule has 3 atom stereocenters. The van der Waals surface area contributed by atoms with Gasteiger partial charge in [-0.3, -0.25) is 0 Å². The third kappa shape index (κ3) is 4.42. The highest BCUT2D eigenvalue weighted by Gasteiger charge is 2.22. The number of nitrogens with zero attached hydrogens (tertiary/aromatic N) is 2. The second-order valence-corrected chi connectivity index (χ2v) is 6.60. The van der Waals surface area contributed by atoms with E-state index >= 15 is 0 Å². The fraction of sp³-hybridized carbons (Fsp3) is 0.368. The summed E-state index contributed by atoms with van der Waals surface area (Å²) in [5, 5.41) is 38.2. The molecular weight excluding hydrogens is 348 g/mol. The van der Waals surface area contributed by atoms with Crippen molar-refractivity contribution < 1.29 is 20.4 Å². The molecule has 1 aliphatic rings. The summed E-state index contributed by atoms with van der Waals surface area (Å²) in [4.78, 5) is 10.7. The zero-order chi connectivity index (χ0) is 19.4. The summed E-state index contributed by atoms with van der Waals surface area (Å²) in [7, 11) is 0. The molecule has 0 spiro atoms. The molecule has 0 aliphatic heterocycles. The number of aromatic amines is 1. The van der Waals surface area contributed by atoms with Crippen LogP contribution in [0.25, 0.3) is 11.0 Å². The Morgan fingerprint density at radius 2 is 1.81 bits per heavy atom. The van der Waals surface area contributed by atoms with E-state index in [1.165, 1.54) is 17.5 Å². The molecule has 0 saturated carbocycles. The number of anilines is 1. The van der Waals surface area contributed by atoms with Gasteiger partial charge < -0.3 is 31.1 Å². The highest BCUT2D eigenvalue weighted by atomic mass is 16.4. The number of aryl methyl sites for hydroxylation is 2. The minimum atomic E-state index is -1.20. The van der Waals surface area contributed by atoms with Gasteiger partial charge in [-0.05, 0) is 35.6 Å². The fourth-order valence-corrected chi connectivity index (χ4v) is 2.96. The fourth-order valence-electron chi connectivity index (χ4n) is 2.96. The third-order valence-electron chi connectivity index (χ3n) is 4.76. The van der Waals surface area contributed by atoms with E-state index in [-0.39, 0.29) is 6.42 Å². The maximum atomic E-state index is 9.92. The summed E-state index contributed by atoms with van der Waals surface area (Å²) in [5.41, 5.74) is 9.64. The number of nitrogens with one attached hydrogen (secondary N) is 1. The van der Waals surface area contributed by atoms with Gasteiger partial charge in [0.15, 0.2) is 0 Å². The van der Waals surface area contributed by atoms with E-state index in [0.29, 0.717) is 5.82 Å². The smallest absolute Gasteiger partial charge is 0.142 e. The quantitative estimate of drug-likeness (QED) is 0.381. The highest BCUT2D eigenvalue weighted by Crippen LogP contribution is 2.28. The van der Waals surface area contributed by atoms with E-state index in [1.54, 1.807) is 6.20 Å². The summed E-state index contributed by atoms with van der Waals surface area (Å²) in [6.45, 7) is -0.502. The molecule has 1 aliphatic carbocycles. The molecule has 2 aromatic heterocycles. The zero-order valence-electron chi connectivity index (χ0n) is 14.8. The van der Waals surface area contributed by atoms with Gasteiger partial charge in [0.25, 0.3) is 0 Å². The second-order valence-electron chi connectivity index (χ2n) is 6.60. The Hall–Kier alpha value is -2.52. The Morgan fingerprint density at radius 1 is 1.04 bits per heavy atom. The summed E-state index contributed by atoms with van der Waals surface area (Å²) < 4.78 is 0. The lowest BCUT2D eigenvalue weighted by Gasteiger charge is -2.23. The maximum Gasteiger partial charge on any atom is 0.142 e. The number of rotatable bonds is 5. The van der Waals surface area contributed by atoms with Gasteiger partial charge in [0.05, 0.1) is 24.2 Å². The molecule has 8 heteroatoms. The molecule has 0 amide bonds. The average molecular weight is 372 g/mol. The Kier molecular flexibility index (Phi) is 6.02. The standard InChI is InChI=1S/C13H18O4.C6H6N4/c14-7-13(17)12(16)6-11(15)10-4-2-8-1-3-9(8)5-10;7-5-4-1-2-8-6(4)10-3-9-5/h2,4-5,11-17H,1,3,6-7H2;1-3H,(H3,7,8,9,10). The number of benzene rings is 1. The topological polar surface area (TPSA) is 149 Å². The number of aliphatic hydroxyl groups is 4. The van der Waals surface area contributed by atoms with E-state index < -0.39 is 24.9 Å². The number of aromatic nitrogens is 3. The Balaban J connectivity index is 0.000000177. The molecule has 144 valence electrons. The first-order chi connectivity index (χ1) is 13.0. The lowest BCUT2D eigenvalue weighted by atomic mass is 9.86. The first-order valence-electron chi connectivity index (χ1n) is 8.80. The van der Waals surface area contributed by atoms with Gasteiger partial charge in [0.1, 0.15) is 23.9 Å². The number of nitrogen functional groups attached to an aromatic ring is 1. The number of hydrogen-bond donors (Lipinski definition) is 6. The molecule has 3 aromatic rings. The lowest BCUT2D eigenvalue weighted by molar-refractivity contribution is -0.0367. The number of nitrogens with two attached hydrogens (primary N) is 1. The average Bonchev–Trinajstić information content (AvgIpc) is 3.12. The monoisotopic (exact) mass is 372 g/mol. The molecule has 3 unspecified atom stereocenters. The third-order valence-corrected chi connectivity index (χ3v) is 4.76. The first kappa shape index (κ1) is 19.2. The van der Waals surface area contributed by atoms with Crippen LogP contribution in [0.3, 0.4) is 0 Å².